The quantitative estimate of drug-likeness (QED) is 0.502. The first-order valence-corrected chi connectivity index (χ1v) is 2.84. The highest BCUT2D eigenvalue weighted by Crippen LogP contribution is 2.47. The van der Waals surface area contributed by atoms with Crippen molar-refractivity contribution in [1.29, 1.82) is 0 Å². The van der Waals surface area contributed by atoms with Gasteiger partial charge in [0.05, 0.1) is 0 Å². The van der Waals surface area contributed by atoms with Crippen LogP contribution in [0, 0.1) is 0 Å². The molecule has 9 heteroatoms. The highest BCUT2D eigenvalue weighted by atomic mass is 35.5. The highest BCUT2D eigenvalue weighted by Gasteiger charge is 2.77. The van der Waals surface area contributed by atoms with Gasteiger partial charge in [-0.2, -0.15) is 26.3 Å². The number of alkyl halides is 7. The predicted molar refractivity (Wildman–Crippen MR) is 26.8 cm³/mol. The second-order valence-corrected chi connectivity index (χ2v) is 2.27. The van der Waals surface area contributed by atoms with Crippen LogP contribution in [0.2, 0.25) is 0 Å². The lowest BCUT2D eigenvalue weighted by molar-refractivity contribution is -0.322. The molecule has 78 valence electrons. The molecule has 0 spiro atoms. The Balaban J connectivity index is 5.35. The molecule has 0 saturated heterocycles. The van der Waals surface area contributed by atoms with Gasteiger partial charge in [-0.05, 0) is 11.6 Å². The van der Waals surface area contributed by atoms with Gasteiger partial charge in [-0.1, -0.05) is 0 Å². The molecule has 1 nitrogen and oxygen atoms in total. The molecular formula is C4ClF7O. The van der Waals surface area contributed by atoms with Crippen LogP contribution in [0.3, 0.4) is 0 Å². The molecule has 0 aliphatic rings. The van der Waals surface area contributed by atoms with E-state index in [1.54, 1.807) is 0 Å². The van der Waals surface area contributed by atoms with Crippen molar-refractivity contribution >= 4 is 16.8 Å². The van der Waals surface area contributed by atoms with E-state index in [2.05, 4.69) is 11.6 Å². The molecule has 0 bridgehead atoms. The number of rotatable bonds is 1. The van der Waals surface area contributed by atoms with Gasteiger partial charge >= 0.3 is 18.0 Å². The van der Waals surface area contributed by atoms with Gasteiger partial charge < -0.3 is 0 Å². The monoisotopic (exact) mass is 232 g/mol. The Morgan fingerprint density at radius 2 is 1.08 bits per heavy atom. The molecule has 0 atom stereocenters. The molecule has 0 rings (SSSR count). The Bertz CT molecular complexity index is 202. The summed E-state index contributed by atoms with van der Waals surface area (Å²) >= 11 is 3.90. The third-order valence-corrected chi connectivity index (χ3v) is 1.31. The van der Waals surface area contributed by atoms with E-state index in [1.807, 2.05) is 0 Å². The number of carbonyl (C=O) groups is 1. The van der Waals surface area contributed by atoms with Crippen LogP contribution in [0.25, 0.3) is 0 Å². The van der Waals surface area contributed by atoms with E-state index in [0.29, 0.717) is 0 Å². The lowest BCUT2D eigenvalue weighted by Gasteiger charge is -2.25. The molecule has 0 aromatic heterocycles. The Morgan fingerprint density at radius 1 is 0.846 bits per heavy atom. The van der Waals surface area contributed by atoms with Crippen molar-refractivity contribution in [1.82, 2.24) is 0 Å². The summed E-state index contributed by atoms with van der Waals surface area (Å²) in [4.78, 5) is 9.71. The normalized spacial score (nSPS) is 14.5. The van der Waals surface area contributed by atoms with Gasteiger partial charge in [0.15, 0.2) is 0 Å². The minimum Gasteiger partial charge on any atom is -0.277 e. The maximum atomic E-state index is 12.2. The minimum absolute atomic E-state index is 3.16. The fourth-order valence-corrected chi connectivity index (χ4v) is 0.598. The van der Waals surface area contributed by atoms with E-state index in [0.717, 1.165) is 0 Å². The summed E-state index contributed by atoms with van der Waals surface area (Å²) in [7, 11) is 0. The minimum atomic E-state index is -6.41. The molecule has 0 aromatic rings. The molecule has 0 fully saturated rings. The van der Waals surface area contributed by atoms with Crippen molar-refractivity contribution in [3.8, 4) is 0 Å². The van der Waals surface area contributed by atoms with Crippen LogP contribution in [0.1, 0.15) is 0 Å². The van der Waals surface area contributed by atoms with Crippen LogP contribution in [0.4, 0.5) is 30.7 Å². The zero-order valence-electron chi connectivity index (χ0n) is 5.43. The van der Waals surface area contributed by atoms with Crippen LogP contribution in [-0.2, 0) is 4.79 Å². The first-order valence-electron chi connectivity index (χ1n) is 2.47. The van der Waals surface area contributed by atoms with Crippen LogP contribution >= 0.6 is 11.6 Å². The third-order valence-electron chi connectivity index (χ3n) is 1.05. The van der Waals surface area contributed by atoms with Crippen molar-refractivity contribution in [2.75, 3.05) is 0 Å². The van der Waals surface area contributed by atoms with Gasteiger partial charge in [0.2, 0.25) is 0 Å². The average Bonchev–Trinajstić information content (AvgIpc) is 1.80. The van der Waals surface area contributed by atoms with E-state index in [4.69, 9.17) is 0 Å². The van der Waals surface area contributed by atoms with E-state index in [9.17, 15) is 35.5 Å². The maximum Gasteiger partial charge on any atom is 0.440 e. The molecule has 0 aliphatic carbocycles. The lowest BCUT2D eigenvalue weighted by atomic mass is 10.1. The largest absolute Gasteiger partial charge is 0.440 e. The topological polar surface area (TPSA) is 17.1 Å². The van der Waals surface area contributed by atoms with Crippen molar-refractivity contribution in [2.45, 2.75) is 18.0 Å². The van der Waals surface area contributed by atoms with Gasteiger partial charge in [-0.25, -0.2) is 4.39 Å². The second-order valence-electron chi connectivity index (χ2n) is 1.93. The lowest BCUT2D eigenvalue weighted by Crippen LogP contribution is -2.57. The Morgan fingerprint density at radius 3 is 1.08 bits per heavy atom. The fourth-order valence-electron chi connectivity index (χ4n) is 0.384. The molecule has 0 N–H and O–H groups in total. The maximum absolute atomic E-state index is 12.2. The van der Waals surface area contributed by atoms with E-state index in [-0.39, 0.29) is 0 Å². The summed E-state index contributed by atoms with van der Waals surface area (Å²) in [5.41, 5.74) is -6.00. The number of carbonyl (C=O) groups excluding carboxylic acids is 1. The molecule has 0 aliphatic heterocycles. The van der Waals surface area contributed by atoms with Crippen molar-refractivity contribution in [3.63, 3.8) is 0 Å². The highest BCUT2D eigenvalue weighted by molar-refractivity contribution is 6.65. The SMILES string of the molecule is O=C(Cl)C(F)(C(F)(F)F)C(F)(F)F. The molecule has 0 saturated carbocycles. The van der Waals surface area contributed by atoms with Crippen LogP contribution < -0.4 is 0 Å². The number of halogens is 8. The Labute approximate surface area is 71.5 Å². The molecule has 0 radical (unpaired) electrons. The predicted octanol–water partition coefficient (Wildman–Crippen LogP) is 2.58. The fraction of sp³-hybridized carbons (Fsp3) is 0.750. The van der Waals surface area contributed by atoms with Crippen molar-refractivity contribution in [2.24, 2.45) is 0 Å². The van der Waals surface area contributed by atoms with Crippen LogP contribution in [-0.4, -0.2) is 23.3 Å². The van der Waals surface area contributed by atoms with Gasteiger partial charge in [0.25, 0.3) is 5.24 Å². The van der Waals surface area contributed by atoms with Gasteiger partial charge in [-0.3, -0.25) is 4.79 Å². The van der Waals surface area contributed by atoms with E-state index < -0.39 is 23.3 Å². The smallest absolute Gasteiger partial charge is 0.277 e. The first kappa shape index (κ1) is 12.5. The number of hydrogen-bond acceptors (Lipinski definition) is 1. The third kappa shape index (κ3) is 1.87. The standard InChI is InChI=1S/C4ClF7O/c5-1(13)2(6,3(7,8)9)4(10,11)12. The van der Waals surface area contributed by atoms with E-state index in [1.165, 1.54) is 0 Å². The summed E-state index contributed by atoms with van der Waals surface area (Å²) in [5, 5.41) is -3.16. The van der Waals surface area contributed by atoms with Gasteiger partial charge in [0, 0.05) is 0 Å². The van der Waals surface area contributed by atoms with E-state index >= 15 is 0 Å². The summed E-state index contributed by atoms with van der Waals surface area (Å²) in [6.45, 7) is 0. The van der Waals surface area contributed by atoms with Crippen molar-refractivity contribution < 1.29 is 35.5 Å². The van der Waals surface area contributed by atoms with Crippen molar-refractivity contribution in [3.05, 3.63) is 0 Å². The zero-order valence-corrected chi connectivity index (χ0v) is 6.19. The molecule has 0 amide bonds. The van der Waals surface area contributed by atoms with Gasteiger partial charge in [-0.15, -0.1) is 0 Å². The molecular weight excluding hydrogens is 232 g/mol. The zero-order chi connectivity index (χ0) is 11.1. The Hall–Kier alpha value is -0.530. The number of hydrogen-bond donors (Lipinski definition) is 0. The van der Waals surface area contributed by atoms with Gasteiger partial charge in [0.1, 0.15) is 0 Å². The summed E-state index contributed by atoms with van der Waals surface area (Å²) in [6, 6.07) is 0. The average molecular weight is 232 g/mol. The molecule has 0 aromatic carbocycles. The first-order chi connectivity index (χ1) is 5.44. The molecule has 0 heterocycles. The molecule has 0 unspecified atom stereocenters. The molecule has 13 heavy (non-hydrogen) atoms. The Kier molecular flexibility index (Phi) is 2.88. The van der Waals surface area contributed by atoms with Crippen LogP contribution in [0.5, 0.6) is 0 Å². The summed E-state index contributed by atoms with van der Waals surface area (Å²) in [5.74, 6) is 0. The summed E-state index contributed by atoms with van der Waals surface area (Å²) in [6.07, 6.45) is -12.8. The van der Waals surface area contributed by atoms with Crippen LogP contribution in [0.15, 0.2) is 0 Å². The second kappa shape index (κ2) is 3.00. The summed E-state index contributed by atoms with van der Waals surface area (Å²) < 4.78 is 80.9.